The van der Waals surface area contributed by atoms with Crippen LogP contribution in [0.1, 0.15) is 12.8 Å². The van der Waals surface area contributed by atoms with Gasteiger partial charge < -0.3 is 20.4 Å². The maximum Gasteiger partial charge on any atom is 0.170 e. The van der Waals surface area contributed by atoms with Crippen LogP contribution in [-0.4, -0.2) is 95.0 Å². The molecule has 0 aliphatic carbocycles. The molecule has 5 heterocycles. The summed E-state index contributed by atoms with van der Waals surface area (Å²) in [5.41, 5.74) is 2.03. The molecule has 8 heteroatoms. The molecular weight excluding hydrogens is 418 g/mol. The van der Waals surface area contributed by atoms with Crippen molar-refractivity contribution in [2.45, 2.75) is 18.9 Å². The SMILES string of the molecule is CN1CCN(C[C@H]2CN3CC[C@H]2C[C@@H]3CNC(=S)Nc2ccc(-n3cccn3)cc2)CC1. The number of benzene rings is 1. The summed E-state index contributed by atoms with van der Waals surface area (Å²) in [7, 11) is 2.23. The standard InChI is InChI=1S/C24H35N7S/c1-28-11-13-29(14-12-28)17-20-18-30-10-7-19(20)15-23(30)16-25-24(32)27-21-3-5-22(6-4-21)31-9-2-8-26-31/h2-6,8-9,19-20,23H,7,10-18H2,1H3,(H2,25,27,32)/t19-,20-,23+/m0/s1. The lowest BCUT2D eigenvalue weighted by atomic mass is 9.75. The van der Waals surface area contributed by atoms with Gasteiger partial charge in [-0.15, -0.1) is 0 Å². The Morgan fingerprint density at radius 1 is 1.12 bits per heavy atom. The summed E-state index contributed by atoms with van der Waals surface area (Å²) in [5, 5.41) is 11.8. The van der Waals surface area contributed by atoms with E-state index in [1.807, 2.05) is 41.2 Å². The highest BCUT2D eigenvalue weighted by molar-refractivity contribution is 7.80. The summed E-state index contributed by atoms with van der Waals surface area (Å²) >= 11 is 5.58. The fourth-order valence-corrected chi connectivity index (χ4v) is 5.74. The number of rotatable bonds is 6. The highest BCUT2D eigenvalue weighted by Gasteiger charge is 2.40. The largest absolute Gasteiger partial charge is 0.361 e. The highest BCUT2D eigenvalue weighted by Crippen LogP contribution is 2.36. The maximum atomic E-state index is 5.58. The molecule has 1 aromatic heterocycles. The summed E-state index contributed by atoms with van der Waals surface area (Å²) in [4.78, 5) is 7.84. The van der Waals surface area contributed by atoms with Crippen molar-refractivity contribution in [2.24, 2.45) is 11.8 Å². The number of piperazine rings is 1. The van der Waals surface area contributed by atoms with Gasteiger partial charge in [0.25, 0.3) is 0 Å². The number of anilines is 1. The van der Waals surface area contributed by atoms with Crippen molar-refractivity contribution in [3.8, 4) is 5.69 Å². The Balaban J connectivity index is 1.07. The van der Waals surface area contributed by atoms with Gasteiger partial charge in [-0.2, -0.15) is 5.10 Å². The first-order valence-corrected chi connectivity index (χ1v) is 12.3. The van der Waals surface area contributed by atoms with E-state index < -0.39 is 0 Å². The van der Waals surface area contributed by atoms with Gasteiger partial charge in [-0.1, -0.05) is 0 Å². The maximum absolute atomic E-state index is 5.58. The number of nitrogens with zero attached hydrogens (tertiary/aromatic N) is 5. The second-order valence-corrected chi connectivity index (χ2v) is 10.0. The van der Waals surface area contributed by atoms with Crippen molar-refractivity contribution in [2.75, 3.05) is 64.7 Å². The van der Waals surface area contributed by atoms with Crippen LogP contribution in [0.5, 0.6) is 0 Å². The molecule has 0 radical (unpaired) electrons. The molecule has 1 aromatic carbocycles. The molecule has 0 amide bonds. The summed E-state index contributed by atoms with van der Waals surface area (Å²) in [6.45, 7) is 9.58. The van der Waals surface area contributed by atoms with Gasteiger partial charge in [-0.25, -0.2) is 4.68 Å². The predicted molar refractivity (Wildman–Crippen MR) is 133 cm³/mol. The zero-order valence-corrected chi connectivity index (χ0v) is 19.8. The predicted octanol–water partition coefficient (Wildman–Crippen LogP) is 2.12. The summed E-state index contributed by atoms with van der Waals surface area (Å²) in [5.74, 6) is 1.70. The molecule has 2 bridgehead atoms. The Morgan fingerprint density at radius 3 is 2.62 bits per heavy atom. The van der Waals surface area contributed by atoms with E-state index in [4.69, 9.17) is 12.2 Å². The van der Waals surface area contributed by atoms with E-state index >= 15 is 0 Å². The van der Waals surface area contributed by atoms with Gasteiger partial charge in [-0.3, -0.25) is 4.90 Å². The quantitative estimate of drug-likeness (QED) is 0.650. The Morgan fingerprint density at radius 2 is 1.94 bits per heavy atom. The van der Waals surface area contributed by atoms with E-state index in [1.165, 1.54) is 58.7 Å². The molecule has 1 unspecified atom stereocenters. The lowest BCUT2D eigenvalue weighted by molar-refractivity contribution is -0.0151. The number of likely N-dealkylation sites (N-methyl/N-ethyl adjacent to an activating group) is 1. The van der Waals surface area contributed by atoms with Crippen LogP contribution >= 0.6 is 12.2 Å². The minimum atomic E-state index is 0.597. The third-order valence-corrected chi connectivity index (χ3v) is 7.74. The molecule has 2 N–H and O–H groups in total. The molecule has 4 fully saturated rings. The van der Waals surface area contributed by atoms with Gasteiger partial charge in [0.15, 0.2) is 5.11 Å². The van der Waals surface area contributed by atoms with E-state index in [0.717, 1.165) is 29.8 Å². The van der Waals surface area contributed by atoms with Crippen LogP contribution in [0.3, 0.4) is 0 Å². The molecule has 4 aliphatic heterocycles. The number of nitrogens with one attached hydrogen (secondary N) is 2. The first-order chi connectivity index (χ1) is 15.6. The number of fused-ring (bicyclic) bond motifs is 3. The van der Waals surface area contributed by atoms with Gasteiger partial charge in [0.2, 0.25) is 0 Å². The highest BCUT2D eigenvalue weighted by atomic mass is 32.1. The van der Waals surface area contributed by atoms with Crippen LogP contribution in [0.2, 0.25) is 0 Å². The van der Waals surface area contributed by atoms with Crippen LogP contribution in [0.25, 0.3) is 5.69 Å². The lowest BCUT2D eigenvalue weighted by Gasteiger charge is -2.51. The van der Waals surface area contributed by atoms with E-state index in [2.05, 4.69) is 37.5 Å². The third-order valence-electron chi connectivity index (χ3n) is 7.49. The molecule has 172 valence electrons. The van der Waals surface area contributed by atoms with Crippen molar-refractivity contribution >= 4 is 23.0 Å². The molecule has 4 aliphatic rings. The van der Waals surface area contributed by atoms with Gasteiger partial charge in [0.1, 0.15) is 0 Å². The van der Waals surface area contributed by atoms with E-state index in [0.29, 0.717) is 11.2 Å². The topological polar surface area (TPSA) is 51.6 Å². The van der Waals surface area contributed by atoms with Crippen molar-refractivity contribution in [3.63, 3.8) is 0 Å². The Labute approximate surface area is 196 Å². The zero-order chi connectivity index (χ0) is 21.9. The minimum absolute atomic E-state index is 0.597. The van der Waals surface area contributed by atoms with Crippen LogP contribution in [0.4, 0.5) is 5.69 Å². The number of aromatic nitrogens is 2. The van der Waals surface area contributed by atoms with Crippen molar-refractivity contribution in [3.05, 3.63) is 42.7 Å². The molecule has 4 saturated heterocycles. The molecule has 4 atom stereocenters. The third kappa shape index (κ3) is 5.14. The average molecular weight is 454 g/mol. The van der Waals surface area contributed by atoms with Crippen LogP contribution < -0.4 is 10.6 Å². The van der Waals surface area contributed by atoms with Crippen LogP contribution in [-0.2, 0) is 0 Å². The molecule has 32 heavy (non-hydrogen) atoms. The molecular formula is C24H35N7S. The van der Waals surface area contributed by atoms with E-state index in [9.17, 15) is 0 Å². The van der Waals surface area contributed by atoms with Gasteiger partial charge in [-0.05, 0) is 80.8 Å². The fraction of sp³-hybridized carbons (Fsp3) is 0.583. The molecule has 7 nitrogen and oxygen atoms in total. The first kappa shape index (κ1) is 21.8. The zero-order valence-electron chi connectivity index (χ0n) is 19.0. The Hall–Kier alpha value is -2.00. The monoisotopic (exact) mass is 453 g/mol. The molecule has 0 saturated carbocycles. The summed E-state index contributed by atoms with van der Waals surface area (Å²) in [6.07, 6.45) is 6.39. The fourth-order valence-electron chi connectivity index (χ4n) is 5.54. The van der Waals surface area contributed by atoms with Crippen molar-refractivity contribution in [1.29, 1.82) is 0 Å². The van der Waals surface area contributed by atoms with Crippen molar-refractivity contribution in [1.82, 2.24) is 29.8 Å². The smallest absolute Gasteiger partial charge is 0.170 e. The second-order valence-electron chi connectivity index (χ2n) is 9.63. The second kappa shape index (κ2) is 9.87. The number of hydrogen-bond acceptors (Lipinski definition) is 5. The number of piperidine rings is 3. The normalized spacial score (nSPS) is 28.5. The van der Waals surface area contributed by atoms with Gasteiger partial charge >= 0.3 is 0 Å². The summed E-state index contributed by atoms with van der Waals surface area (Å²) < 4.78 is 1.85. The number of thiocarbonyl (C=S) groups is 1. The van der Waals surface area contributed by atoms with Gasteiger partial charge in [0, 0.05) is 69.9 Å². The van der Waals surface area contributed by atoms with Crippen LogP contribution in [0.15, 0.2) is 42.7 Å². The van der Waals surface area contributed by atoms with Gasteiger partial charge in [0.05, 0.1) is 5.69 Å². The Bertz CT molecular complexity index is 876. The number of hydrogen-bond donors (Lipinski definition) is 2. The lowest BCUT2D eigenvalue weighted by Crippen LogP contribution is -2.59. The van der Waals surface area contributed by atoms with Crippen LogP contribution in [0, 0.1) is 11.8 Å². The molecule has 6 rings (SSSR count). The average Bonchev–Trinajstić information content (AvgIpc) is 3.35. The Kier molecular flexibility index (Phi) is 6.73. The van der Waals surface area contributed by atoms with Crippen molar-refractivity contribution < 1.29 is 0 Å². The first-order valence-electron chi connectivity index (χ1n) is 11.9. The molecule has 0 spiro atoms. The van der Waals surface area contributed by atoms with E-state index in [-0.39, 0.29) is 0 Å². The minimum Gasteiger partial charge on any atom is -0.361 e. The molecule has 2 aromatic rings. The van der Waals surface area contributed by atoms with E-state index in [1.54, 1.807) is 6.20 Å². The summed E-state index contributed by atoms with van der Waals surface area (Å²) in [6, 6.07) is 10.7.